The van der Waals surface area contributed by atoms with E-state index in [-0.39, 0.29) is 30.0 Å². The van der Waals surface area contributed by atoms with Gasteiger partial charge in [-0.3, -0.25) is 4.79 Å². The molecule has 23 heavy (non-hydrogen) atoms. The van der Waals surface area contributed by atoms with Gasteiger partial charge >= 0.3 is 0 Å². The van der Waals surface area contributed by atoms with Gasteiger partial charge in [-0.2, -0.15) is 0 Å². The molecule has 1 aromatic rings. The third-order valence-electron chi connectivity index (χ3n) is 2.98. The van der Waals surface area contributed by atoms with Crippen molar-refractivity contribution in [3.8, 4) is 5.75 Å². The van der Waals surface area contributed by atoms with E-state index in [0.717, 1.165) is 17.9 Å². The lowest BCUT2D eigenvalue weighted by Crippen LogP contribution is -2.23. The van der Waals surface area contributed by atoms with Gasteiger partial charge in [0, 0.05) is 12.3 Å². The Balaban J connectivity index is 2.31. The lowest BCUT2D eigenvalue weighted by molar-refractivity contribution is -0.115. The number of aliphatic hydroxyl groups excluding tert-OH is 1. The molecule has 0 saturated heterocycles. The molecule has 0 heterocycles. The van der Waals surface area contributed by atoms with Gasteiger partial charge in [0.2, 0.25) is 5.91 Å². The number of hydrogen-bond acceptors (Lipinski definition) is 4. The molecule has 6 heteroatoms. The van der Waals surface area contributed by atoms with Crippen molar-refractivity contribution < 1.29 is 19.4 Å². The summed E-state index contributed by atoms with van der Waals surface area (Å²) in [6, 6.07) is 7.15. The second-order valence-corrected chi connectivity index (χ2v) is 7.93. The van der Waals surface area contributed by atoms with E-state index < -0.39 is 6.10 Å². The van der Waals surface area contributed by atoms with Crippen molar-refractivity contribution in [2.75, 3.05) is 43.4 Å². The fourth-order valence-electron chi connectivity index (χ4n) is 1.76. The fraction of sp³-hybridized carbons (Fsp3) is 0.588. The summed E-state index contributed by atoms with van der Waals surface area (Å²) < 4.78 is 10.8. The molecule has 1 unspecified atom stereocenters. The van der Waals surface area contributed by atoms with Crippen molar-refractivity contribution in [2.45, 2.75) is 25.9 Å². The Kier molecular flexibility index (Phi) is 9.75. The Morgan fingerprint density at radius 3 is 2.57 bits per heavy atom. The second kappa shape index (κ2) is 11.3. The van der Waals surface area contributed by atoms with E-state index in [9.17, 15) is 9.90 Å². The third kappa shape index (κ3) is 9.48. The topological polar surface area (TPSA) is 67.8 Å². The van der Waals surface area contributed by atoms with Crippen LogP contribution in [0.5, 0.6) is 5.75 Å². The zero-order valence-corrected chi connectivity index (χ0v) is 15.0. The van der Waals surface area contributed by atoms with Crippen molar-refractivity contribution in [1.29, 1.82) is 0 Å². The largest absolute Gasteiger partial charge is 0.491 e. The number of hydrogen-bond donors (Lipinski definition) is 2. The highest BCUT2D eigenvalue weighted by atomic mass is 32.2. The molecule has 0 aromatic heterocycles. The minimum atomic E-state index is -0.641. The molecule has 0 radical (unpaired) electrons. The highest BCUT2D eigenvalue weighted by Gasteiger charge is 2.09. The fourth-order valence-corrected chi connectivity index (χ4v) is 2.35. The lowest BCUT2D eigenvalue weighted by atomic mass is 10.3. The number of carbonyl (C=O) groups is 1. The number of aliphatic hydroxyl groups is 1. The van der Waals surface area contributed by atoms with Crippen LogP contribution in [0, 0.1) is 0 Å². The molecular weight excluding hydrogens is 314 g/mol. The Morgan fingerprint density at radius 1 is 1.26 bits per heavy atom. The van der Waals surface area contributed by atoms with Crippen molar-refractivity contribution in [3.63, 3.8) is 0 Å². The molecule has 1 rings (SSSR count). The van der Waals surface area contributed by atoms with E-state index in [4.69, 9.17) is 9.47 Å². The van der Waals surface area contributed by atoms with Crippen LogP contribution in [0.4, 0.5) is 5.69 Å². The highest BCUT2D eigenvalue weighted by molar-refractivity contribution is 7.95. The van der Waals surface area contributed by atoms with Gasteiger partial charge in [-0.25, -0.2) is 0 Å². The van der Waals surface area contributed by atoms with E-state index in [1.807, 2.05) is 6.92 Å². The first-order valence-electron chi connectivity index (χ1n) is 7.84. The highest BCUT2D eigenvalue weighted by Crippen LogP contribution is 2.16. The van der Waals surface area contributed by atoms with Crippen molar-refractivity contribution in [3.05, 3.63) is 24.3 Å². The quantitative estimate of drug-likeness (QED) is 0.477. The van der Waals surface area contributed by atoms with Crippen LogP contribution in [0.3, 0.4) is 0 Å². The summed E-state index contributed by atoms with van der Waals surface area (Å²) in [5.41, 5.74) is 0.751. The second-order valence-electron chi connectivity index (χ2n) is 5.55. The van der Waals surface area contributed by atoms with Crippen LogP contribution in [0.15, 0.2) is 24.3 Å². The first-order valence-corrected chi connectivity index (χ1v) is 10.0. The average Bonchev–Trinajstić information content (AvgIpc) is 2.52. The smallest absolute Gasteiger partial charge is 0.229 e. The van der Waals surface area contributed by atoms with Crippen LogP contribution in [-0.4, -0.2) is 55.2 Å². The van der Waals surface area contributed by atoms with Crippen molar-refractivity contribution >= 4 is 22.5 Å². The number of anilines is 1. The number of benzene rings is 1. The Bertz CT molecular complexity index is 450. The van der Waals surface area contributed by atoms with E-state index in [2.05, 4.69) is 17.8 Å². The molecule has 130 valence electrons. The summed E-state index contributed by atoms with van der Waals surface area (Å²) in [5, 5.41) is 12.6. The molecule has 0 spiro atoms. The molecule has 0 aliphatic heterocycles. The average molecular weight is 342 g/mol. The molecule has 0 aliphatic rings. The van der Waals surface area contributed by atoms with E-state index in [1.165, 1.54) is 0 Å². The molecule has 1 aromatic carbocycles. The summed E-state index contributed by atoms with van der Waals surface area (Å²) in [6.45, 7) is 3.12. The maximum atomic E-state index is 11.8. The van der Waals surface area contributed by atoms with Crippen LogP contribution in [-0.2, 0) is 20.4 Å². The summed E-state index contributed by atoms with van der Waals surface area (Å²) in [5.74, 6) is 1.59. The van der Waals surface area contributed by atoms with Crippen LogP contribution < -0.4 is 10.1 Å². The minimum absolute atomic E-state index is 0.0309. The van der Waals surface area contributed by atoms with Crippen LogP contribution in [0.1, 0.15) is 19.8 Å². The molecule has 1 amide bonds. The minimum Gasteiger partial charge on any atom is -0.491 e. The number of rotatable bonds is 11. The molecule has 0 saturated carbocycles. The van der Waals surface area contributed by atoms with Crippen LogP contribution in [0.2, 0.25) is 0 Å². The standard InChI is InChI=1S/C17H27NO4S/c1-4-10-21-12-15(19)13-22-16-7-5-14(6-8-16)18-17(20)9-11-23(2)3/h5-8,15,19H,4,9-13H2,1-3H3/p+1. The van der Waals surface area contributed by atoms with E-state index in [1.54, 1.807) is 24.3 Å². The van der Waals surface area contributed by atoms with Gasteiger partial charge in [-0.05, 0) is 41.6 Å². The number of carbonyl (C=O) groups excluding carboxylic acids is 1. The first kappa shape index (κ1) is 19.8. The predicted molar refractivity (Wildman–Crippen MR) is 96.4 cm³/mol. The van der Waals surface area contributed by atoms with Crippen LogP contribution in [0.25, 0.3) is 0 Å². The first-order chi connectivity index (χ1) is 11.0. The summed E-state index contributed by atoms with van der Waals surface area (Å²) in [6.07, 6.45) is 5.08. The van der Waals surface area contributed by atoms with Gasteiger partial charge in [0.05, 0.1) is 25.5 Å². The zero-order valence-electron chi connectivity index (χ0n) is 14.2. The van der Waals surface area contributed by atoms with Gasteiger partial charge in [-0.15, -0.1) is 0 Å². The van der Waals surface area contributed by atoms with E-state index >= 15 is 0 Å². The van der Waals surface area contributed by atoms with Gasteiger partial charge < -0.3 is 19.9 Å². The molecule has 2 N–H and O–H groups in total. The lowest BCUT2D eigenvalue weighted by Gasteiger charge is -2.13. The maximum Gasteiger partial charge on any atom is 0.229 e. The number of nitrogens with one attached hydrogen (secondary N) is 1. The summed E-state index contributed by atoms with van der Waals surface area (Å²) >= 11 is 0. The number of ether oxygens (including phenoxy) is 2. The van der Waals surface area contributed by atoms with E-state index in [0.29, 0.717) is 18.8 Å². The van der Waals surface area contributed by atoms with Crippen LogP contribution >= 0.6 is 0 Å². The molecular formula is C17H28NO4S+. The normalized spacial score (nSPS) is 12.2. The van der Waals surface area contributed by atoms with Crippen molar-refractivity contribution in [2.24, 2.45) is 0 Å². The summed E-state index contributed by atoms with van der Waals surface area (Å²) in [7, 11) is 0.277. The van der Waals surface area contributed by atoms with Gasteiger partial charge in [0.25, 0.3) is 0 Å². The summed E-state index contributed by atoms with van der Waals surface area (Å²) in [4.78, 5) is 11.8. The molecule has 0 fully saturated rings. The molecule has 5 nitrogen and oxygen atoms in total. The predicted octanol–water partition coefficient (Wildman–Crippen LogP) is 2.06. The molecule has 0 bridgehead atoms. The Morgan fingerprint density at radius 2 is 1.96 bits per heavy atom. The zero-order chi connectivity index (χ0) is 17.1. The third-order valence-corrected chi connectivity index (χ3v) is 4.00. The Labute approximate surface area is 141 Å². The molecule has 0 aliphatic carbocycles. The van der Waals surface area contributed by atoms with Crippen molar-refractivity contribution in [1.82, 2.24) is 0 Å². The van der Waals surface area contributed by atoms with Gasteiger partial charge in [0.1, 0.15) is 24.2 Å². The number of amides is 1. The van der Waals surface area contributed by atoms with Gasteiger partial charge in [0.15, 0.2) is 0 Å². The SMILES string of the molecule is CCCOCC(O)COc1ccc(NC(=O)CC[S+](C)C)cc1. The maximum absolute atomic E-state index is 11.8. The monoisotopic (exact) mass is 342 g/mol. The van der Waals surface area contributed by atoms with Gasteiger partial charge in [-0.1, -0.05) is 6.92 Å². The Hall–Kier alpha value is -1.24. The molecule has 1 atom stereocenters.